The first-order valence-corrected chi connectivity index (χ1v) is 12.9. The first-order valence-electron chi connectivity index (χ1n) is 11.9. The molecule has 2 heterocycles. The monoisotopic (exact) mass is 546 g/mol. The van der Waals surface area contributed by atoms with Crippen molar-refractivity contribution in [2.45, 2.75) is 17.9 Å². The molecule has 198 valence electrons. The number of aromatic nitrogens is 3. The summed E-state index contributed by atoms with van der Waals surface area (Å²) in [7, 11) is 0. The maximum Gasteiger partial charge on any atom is 0.339 e. The van der Waals surface area contributed by atoms with E-state index in [4.69, 9.17) is 13.9 Å². The van der Waals surface area contributed by atoms with Crippen LogP contribution in [0.3, 0.4) is 0 Å². The minimum absolute atomic E-state index is 0.0581. The minimum atomic E-state index is -0.892. The van der Waals surface area contributed by atoms with E-state index in [0.29, 0.717) is 39.0 Å². The van der Waals surface area contributed by atoms with E-state index >= 15 is 0 Å². The molecule has 0 saturated carbocycles. The molecule has 11 heteroatoms. The van der Waals surface area contributed by atoms with Crippen LogP contribution < -0.4 is 15.1 Å². The molecule has 39 heavy (non-hydrogen) atoms. The molecule has 1 unspecified atom stereocenters. The van der Waals surface area contributed by atoms with Gasteiger partial charge in [-0.25, -0.2) is 9.18 Å². The predicted octanol–water partition coefficient (Wildman–Crippen LogP) is 4.52. The highest BCUT2D eigenvalue weighted by atomic mass is 32.2. The number of hydrogen-bond acceptors (Lipinski definition) is 9. The summed E-state index contributed by atoms with van der Waals surface area (Å²) >= 11 is 1.23. The smallest absolute Gasteiger partial charge is 0.339 e. The summed E-state index contributed by atoms with van der Waals surface area (Å²) in [6.07, 6.45) is 0.668. The van der Waals surface area contributed by atoms with Gasteiger partial charge in [0.1, 0.15) is 36.1 Å². The van der Waals surface area contributed by atoms with Gasteiger partial charge in [-0.05, 0) is 42.0 Å². The standard InChI is InChI=1S/C28H23FN4O5S/c29-20-12-10-19(11-13-20)15-30-33-26(17-36-22-6-2-1-3-7-22)31-32-28(33)39-18-21(34)16-37-25-14-27(35)38-24-9-5-4-8-23(24)25/h1-15,21,34H,16-18H2/b30-15+. The Balaban J connectivity index is 1.28. The molecule has 1 atom stereocenters. The number of aliphatic hydroxyl groups is 1. The van der Waals surface area contributed by atoms with Gasteiger partial charge in [0.15, 0.2) is 5.82 Å². The van der Waals surface area contributed by atoms with Crippen molar-refractivity contribution in [3.05, 3.63) is 113 Å². The molecule has 0 aliphatic rings. The maximum absolute atomic E-state index is 13.3. The highest BCUT2D eigenvalue weighted by Crippen LogP contribution is 2.24. The van der Waals surface area contributed by atoms with Crippen LogP contribution in [0.4, 0.5) is 4.39 Å². The van der Waals surface area contributed by atoms with E-state index in [1.165, 1.54) is 34.6 Å². The number of nitrogens with zero attached hydrogens (tertiary/aromatic N) is 4. The van der Waals surface area contributed by atoms with E-state index in [1.807, 2.05) is 30.3 Å². The molecule has 0 saturated heterocycles. The molecule has 5 aromatic rings. The highest BCUT2D eigenvalue weighted by Gasteiger charge is 2.16. The number of hydrogen-bond donors (Lipinski definition) is 1. The Hall–Kier alpha value is -4.48. The van der Waals surface area contributed by atoms with Gasteiger partial charge in [-0.15, -0.1) is 10.2 Å². The van der Waals surface area contributed by atoms with Crippen molar-refractivity contribution in [1.82, 2.24) is 14.9 Å². The van der Waals surface area contributed by atoms with Crippen LogP contribution in [0.25, 0.3) is 11.0 Å². The summed E-state index contributed by atoms with van der Waals surface area (Å²) in [5.41, 5.74) is 0.551. The number of benzene rings is 3. The molecule has 1 N–H and O–H groups in total. The second kappa shape index (κ2) is 12.4. The third-order valence-corrected chi connectivity index (χ3v) is 6.49. The average molecular weight is 547 g/mol. The zero-order valence-electron chi connectivity index (χ0n) is 20.5. The Labute approximate surface area is 226 Å². The topological polar surface area (TPSA) is 112 Å². The zero-order chi connectivity index (χ0) is 27.0. The lowest BCUT2D eigenvalue weighted by atomic mass is 10.2. The Morgan fingerprint density at radius 1 is 1.03 bits per heavy atom. The largest absolute Gasteiger partial charge is 0.490 e. The first-order chi connectivity index (χ1) is 19.0. The van der Waals surface area contributed by atoms with Crippen LogP contribution in [0.5, 0.6) is 11.5 Å². The first kappa shape index (κ1) is 26.1. The zero-order valence-corrected chi connectivity index (χ0v) is 21.3. The second-order valence-corrected chi connectivity index (χ2v) is 9.30. The summed E-state index contributed by atoms with van der Waals surface area (Å²) in [5.74, 6) is 1.30. The van der Waals surface area contributed by atoms with E-state index in [1.54, 1.807) is 42.6 Å². The van der Waals surface area contributed by atoms with Gasteiger partial charge in [0, 0.05) is 5.75 Å². The van der Waals surface area contributed by atoms with Crippen molar-refractivity contribution in [2.24, 2.45) is 5.10 Å². The van der Waals surface area contributed by atoms with Gasteiger partial charge in [0.05, 0.1) is 23.8 Å². The molecular formula is C28H23FN4O5S. The molecular weight excluding hydrogens is 523 g/mol. The van der Waals surface area contributed by atoms with E-state index in [9.17, 15) is 14.3 Å². The van der Waals surface area contributed by atoms with Crippen LogP contribution in [0.2, 0.25) is 0 Å². The lowest BCUT2D eigenvalue weighted by Gasteiger charge is -2.13. The number of fused-ring (bicyclic) bond motifs is 1. The number of ether oxygens (including phenoxy) is 2. The molecule has 2 aromatic heterocycles. The van der Waals surface area contributed by atoms with Crippen LogP contribution in [-0.2, 0) is 6.61 Å². The van der Waals surface area contributed by atoms with Crippen molar-refractivity contribution in [3.63, 3.8) is 0 Å². The van der Waals surface area contributed by atoms with Gasteiger partial charge in [-0.2, -0.15) is 9.78 Å². The van der Waals surface area contributed by atoms with Crippen LogP contribution in [0, 0.1) is 5.82 Å². The Kier molecular flexibility index (Phi) is 8.29. The fourth-order valence-corrected chi connectivity index (χ4v) is 4.35. The lowest BCUT2D eigenvalue weighted by Crippen LogP contribution is -2.21. The number of thioether (sulfide) groups is 1. The molecule has 3 aromatic carbocycles. The number of rotatable bonds is 11. The summed E-state index contributed by atoms with van der Waals surface area (Å²) in [5, 5.41) is 24.6. The van der Waals surface area contributed by atoms with E-state index in [0.717, 1.165) is 0 Å². The maximum atomic E-state index is 13.3. The molecule has 0 aliphatic heterocycles. The van der Waals surface area contributed by atoms with E-state index < -0.39 is 11.7 Å². The third-order valence-electron chi connectivity index (χ3n) is 5.43. The summed E-state index contributed by atoms with van der Waals surface area (Å²) in [6, 6.07) is 23.4. The summed E-state index contributed by atoms with van der Waals surface area (Å²) in [4.78, 5) is 11.9. The van der Waals surface area contributed by atoms with Gasteiger partial charge < -0.3 is 19.0 Å². The lowest BCUT2D eigenvalue weighted by molar-refractivity contribution is 0.127. The molecule has 5 rings (SSSR count). The van der Waals surface area contributed by atoms with Crippen molar-refractivity contribution >= 4 is 28.9 Å². The van der Waals surface area contributed by atoms with Crippen molar-refractivity contribution in [3.8, 4) is 11.5 Å². The molecule has 0 fully saturated rings. The van der Waals surface area contributed by atoms with Crippen molar-refractivity contribution in [2.75, 3.05) is 12.4 Å². The van der Waals surface area contributed by atoms with E-state index in [-0.39, 0.29) is 24.8 Å². The summed E-state index contributed by atoms with van der Waals surface area (Å²) < 4.78 is 31.5. The van der Waals surface area contributed by atoms with Gasteiger partial charge in [0.25, 0.3) is 0 Å². The van der Waals surface area contributed by atoms with E-state index in [2.05, 4.69) is 15.3 Å². The quantitative estimate of drug-likeness (QED) is 0.146. The van der Waals surface area contributed by atoms with Crippen molar-refractivity contribution in [1.29, 1.82) is 0 Å². The second-order valence-electron chi connectivity index (χ2n) is 8.31. The van der Waals surface area contributed by atoms with Gasteiger partial charge in [-0.3, -0.25) is 0 Å². The number of para-hydroxylation sites is 2. The fourth-order valence-electron chi connectivity index (χ4n) is 3.54. The van der Waals surface area contributed by atoms with Gasteiger partial charge in [0.2, 0.25) is 5.16 Å². The Morgan fingerprint density at radius 2 is 1.79 bits per heavy atom. The highest BCUT2D eigenvalue weighted by molar-refractivity contribution is 7.99. The SMILES string of the molecule is O=c1cc(OCC(O)CSc2nnc(COc3ccccc3)n2/N=C/c2ccc(F)cc2)c2ccccc2o1. The molecule has 0 bridgehead atoms. The molecule has 0 spiro atoms. The third kappa shape index (κ3) is 6.89. The molecule has 0 amide bonds. The average Bonchev–Trinajstić information content (AvgIpc) is 3.35. The Morgan fingerprint density at radius 3 is 2.62 bits per heavy atom. The van der Waals surface area contributed by atoms with Gasteiger partial charge in [-0.1, -0.05) is 54.2 Å². The molecule has 0 radical (unpaired) electrons. The molecule has 0 aliphatic carbocycles. The normalized spacial score (nSPS) is 12.2. The molecule has 9 nitrogen and oxygen atoms in total. The number of halogens is 1. The minimum Gasteiger partial charge on any atom is -0.490 e. The summed E-state index contributed by atoms with van der Waals surface area (Å²) in [6.45, 7) is 0.0467. The van der Waals surface area contributed by atoms with Crippen LogP contribution in [-0.4, -0.2) is 44.7 Å². The fraction of sp³-hybridized carbons (Fsp3) is 0.143. The van der Waals surface area contributed by atoms with Crippen molar-refractivity contribution < 1.29 is 23.4 Å². The Bertz CT molecular complexity index is 1620. The van der Waals surface area contributed by atoms with Crippen LogP contribution in [0.15, 0.2) is 104 Å². The number of aliphatic hydroxyl groups excluding tert-OH is 1. The van der Waals surface area contributed by atoms with Crippen LogP contribution in [0.1, 0.15) is 11.4 Å². The van der Waals surface area contributed by atoms with Gasteiger partial charge >= 0.3 is 5.63 Å². The van der Waals surface area contributed by atoms with Crippen LogP contribution >= 0.6 is 11.8 Å². The predicted molar refractivity (Wildman–Crippen MR) is 145 cm³/mol.